The topological polar surface area (TPSA) is 50.9 Å². The first kappa shape index (κ1) is 12.0. The van der Waals surface area contributed by atoms with E-state index in [1.807, 2.05) is 42.5 Å². The van der Waals surface area contributed by atoms with E-state index in [1.54, 1.807) is 6.20 Å². The quantitative estimate of drug-likeness (QED) is 0.693. The zero-order chi connectivity index (χ0) is 13.2. The van der Waals surface area contributed by atoms with Crippen LogP contribution < -0.4 is 11.1 Å². The maximum absolute atomic E-state index is 5.98. The molecule has 3 N–H and O–H groups in total. The van der Waals surface area contributed by atoms with E-state index in [-0.39, 0.29) is 0 Å². The van der Waals surface area contributed by atoms with Crippen LogP contribution in [0.2, 0.25) is 0 Å². The summed E-state index contributed by atoms with van der Waals surface area (Å²) < 4.78 is 0.971. The molecule has 0 aliphatic heterocycles. The third-order valence-corrected chi connectivity index (χ3v) is 3.39. The third kappa shape index (κ3) is 2.53. The van der Waals surface area contributed by atoms with E-state index in [4.69, 9.17) is 5.73 Å². The van der Waals surface area contributed by atoms with Crippen LogP contribution in [0.3, 0.4) is 0 Å². The number of nitrogens with zero attached hydrogens (tertiary/aromatic N) is 1. The minimum absolute atomic E-state index is 0.709. The molecule has 0 atom stereocenters. The van der Waals surface area contributed by atoms with E-state index in [2.05, 4.69) is 32.3 Å². The maximum atomic E-state index is 5.98. The molecule has 3 rings (SSSR count). The normalized spacial score (nSPS) is 10.6. The number of pyridine rings is 1. The highest BCUT2D eigenvalue weighted by molar-refractivity contribution is 9.10. The highest BCUT2D eigenvalue weighted by Crippen LogP contribution is 2.27. The second-order valence-electron chi connectivity index (χ2n) is 4.27. The van der Waals surface area contributed by atoms with Gasteiger partial charge in [-0.25, -0.2) is 0 Å². The monoisotopic (exact) mass is 313 g/mol. The van der Waals surface area contributed by atoms with Gasteiger partial charge in [0.15, 0.2) is 0 Å². The van der Waals surface area contributed by atoms with Crippen molar-refractivity contribution < 1.29 is 0 Å². The van der Waals surface area contributed by atoms with E-state index in [1.165, 1.54) is 0 Å². The van der Waals surface area contributed by atoms with Crippen LogP contribution >= 0.6 is 15.9 Å². The van der Waals surface area contributed by atoms with Crippen molar-refractivity contribution in [2.75, 3.05) is 11.1 Å². The first-order chi connectivity index (χ1) is 9.22. The van der Waals surface area contributed by atoms with Crippen LogP contribution in [0.15, 0.2) is 59.2 Å². The molecule has 0 bridgehead atoms. The summed E-state index contributed by atoms with van der Waals surface area (Å²) in [5, 5.41) is 4.42. The van der Waals surface area contributed by atoms with Gasteiger partial charge in [0.25, 0.3) is 0 Å². The molecule has 0 unspecified atom stereocenters. The molecule has 0 aliphatic carbocycles. The number of nitrogen functional groups attached to an aromatic ring is 1. The molecule has 0 saturated carbocycles. The number of fused-ring (bicyclic) bond motifs is 1. The van der Waals surface area contributed by atoms with Gasteiger partial charge in [0.2, 0.25) is 0 Å². The predicted molar refractivity (Wildman–Crippen MR) is 83.6 cm³/mol. The van der Waals surface area contributed by atoms with Gasteiger partial charge in [-0.1, -0.05) is 22.0 Å². The molecule has 3 nitrogen and oxygen atoms in total. The Labute approximate surface area is 119 Å². The van der Waals surface area contributed by atoms with Crippen molar-refractivity contribution in [3.63, 3.8) is 0 Å². The summed E-state index contributed by atoms with van der Waals surface area (Å²) in [5.74, 6) is 0. The Balaban J connectivity index is 1.96. The van der Waals surface area contributed by atoms with Crippen molar-refractivity contribution in [1.82, 2.24) is 4.98 Å². The summed E-state index contributed by atoms with van der Waals surface area (Å²) >= 11 is 3.40. The average molecular weight is 314 g/mol. The Bertz CT molecular complexity index is 740. The van der Waals surface area contributed by atoms with E-state index < -0.39 is 0 Å². The highest BCUT2D eigenvalue weighted by atomic mass is 79.9. The molecule has 3 aromatic rings. The number of benzene rings is 2. The molecule has 1 aromatic heterocycles. The van der Waals surface area contributed by atoms with Crippen molar-refractivity contribution in [3.05, 3.63) is 59.2 Å². The predicted octanol–water partition coefficient (Wildman–Crippen LogP) is 4.32. The van der Waals surface area contributed by atoms with Gasteiger partial charge in [-0.15, -0.1) is 0 Å². The third-order valence-electron chi connectivity index (χ3n) is 2.90. The summed E-state index contributed by atoms with van der Waals surface area (Å²) in [4.78, 5) is 4.30. The molecular weight excluding hydrogens is 302 g/mol. The summed E-state index contributed by atoms with van der Waals surface area (Å²) in [5.41, 5.74) is 9.56. The van der Waals surface area contributed by atoms with Crippen molar-refractivity contribution in [2.24, 2.45) is 0 Å². The molecule has 94 valence electrons. The van der Waals surface area contributed by atoms with E-state index in [9.17, 15) is 0 Å². The first-order valence-electron chi connectivity index (χ1n) is 5.89. The number of anilines is 3. The largest absolute Gasteiger partial charge is 0.397 e. The average Bonchev–Trinajstić information content (AvgIpc) is 2.42. The number of nitrogens with one attached hydrogen (secondary N) is 1. The van der Waals surface area contributed by atoms with Crippen LogP contribution in [0.4, 0.5) is 17.1 Å². The smallest absolute Gasteiger partial charge is 0.0703 e. The molecule has 0 amide bonds. The molecule has 2 aromatic carbocycles. The van der Waals surface area contributed by atoms with Crippen LogP contribution in [0.25, 0.3) is 10.9 Å². The second-order valence-corrected chi connectivity index (χ2v) is 5.18. The Hall–Kier alpha value is -2.07. The van der Waals surface area contributed by atoms with E-state index >= 15 is 0 Å². The Morgan fingerprint density at radius 2 is 1.95 bits per heavy atom. The molecule has 0 spiro atoms. The maximum Gasteiger partial charge on any atom is 0.0703 e. The standard InChI is InChI=1S/C15H12BrN3/c16-11-3-5-15(13(17)9-11)19-12-4-6-14-10(8-12)2-1-7-18-14/h1-9,19H,17H2. The number of hydrogen-bond acceptors (Lipinski definition) is 3. The zero-order valence-electron chi connectivity index (χ0n) is 10.1. The van der Waals surface area contributed by atoms with Gasteiger partial charge in [-0.3, -0.25) is 4.98 Å². The van der Waals surface area contributed by atoms with Gasteiger partial charge in [0.05, 0.1) is 16.9 Å². The number of hydrogen-bond donors (Lipinski definition) is 2. The molecular formula is C15H12BrN3. The molecule has 19 heavy (non-hydrogen) atoms. The lowest BCUT2D eigenvalue weighted by molar-refractivity contribution is 1.41. The summed E-state index contributed by atoms with van der Waals surface area (Å²) in [7, 11) is 0. The number of nitrogens with two attached hydrogens (primary N) is 1. The molecule has 4 heteroatoms. The summed E-state index contributed by atoms with van der Waals surface area (Å²) in [6.07, 6.45) is 1.79. The fraction of sp³-hybridized carbons (Fsp3) is 0. The van der Waals surface area contributed by atoms with Crippen LogP contribution in [0, 0.1) is 0 Å². The molecule has 0 fully saturated rings. The van der Waals surface area contributed by atoms with Crippen LogP contribution in [0.5, 0.6) is 0 Å². The van der Waals surface area contributed by atoms with Gasteiger partial charge in [-0.05, 0) is 42.5 Å². The van der Waals surface area contributed by atoms with Gasteiger partial charge >= 0.3 is 0 Å². The molecule has 0 radical (unpaired) electrons. The lowest BCUT2D eigenvalue weighted by Gasteiger charge is -2.10. The molecule has 0 saturated heterocycles. The number of halogens is 1. The summed E-state index contributed by atoms with van der Waals surface area (Å²) in [6, 6.07) is 15.8. The fourth-order valence-corrected chi connectivity index (χ4v) is 2.34. The van der Waals surface area contributed by atoms with E-state index in [0.717, 1.165) is 26.8 Å². The van der Waals surface area contributed by atoms with Gasteiger partial charge in [0.1, 0.15) is 0 Å². The molecule has 1 heterocycles. The Morgan fingerprint density at radius 1 is 1.05 bits per heavy atom. The second kappa shape index (κ2) is 4.90. The van der Waals surface area contributed by atoms with Gasteiger partial charge in [-0.2, -0.15) is 0 Å². The minimum atomic E-state index is 0.709. The minimum Gasteiger partial charge on any atom is -0.397 e. The lowest BCUT2D eigenvalue weighted by atomic mass is 10.2. The van der Waals surface area contributed by atoms with Crippen LogP contribution in [-0.4, -0.2) is 4.98 Å². The van der Waals surface area contributed by atoms with Crippen LogP contribution in [0.1, 0.15) is 0 Å². The van der Waals surface area contributed by atoms with Crippen molar-refractivity contribution in [3.8, 4) is 0 Å². The Morgan fingerprint density at radius 3 is 2.79 bits per heavy atom. The van der Waals surface area contributed by atoms with Gasteiger partial charge in [0, 0.05) is 21.7 Å². The van der Waals surface area contributed by atoms with Crippen molar-refractivity contribution in [2.45, 2.75) is 0 Å². The number of rotatable bonds is 2. The van der Waals surface area contributed by atoms with Gasteiger partial charge < -0.3 is 11.1 Å². The molecule has 0 aliphatic rings. The van der Waals surface area contributed by atoms with Crippen molar-refractivity contribution in [1.29, 1.82) is 0 Å². The highest BCUT2D eigenvalue weighted by Gasteiger charge is 2.01. The van der Waals surface area contributed by atoms with E-state index in [0.29, 0.717) is 5.69 Å². The van der Waals surface area contributed by atoms with Crippen molar-refractivity contribution >= 4 is 43.9 Å². The fourth-order valence-electron chi connectivity index (χ4n) is 1.96. The number of aromatic nitrogens is 1. The SMILES string of the molecule is Nc1cc(Br)ccc1Nc1ccc2ncccc2c1. The Kier molecular flexibility index (Phi) is 3.09. The lowest BCUT2D eigenvalue weighted by Crippen LogP contribution is -1.96. The zero-order valence-corrected chi connectivity index (χ0v) is 11.7. The van der Waals surface area contributed by atoms with Crippen LogP contribution in [-0.2, 0) is 0 Å². The first-order valence-corrected chi connectivity index (χ1v) is 6.68. The summed E-state index contributed by atoms with van der Waals surface area (Å²) in [6.45, 7) is 0.